The van der Waals surface area contributed by atoms with Gasteiger partial charge < -0.3 is 5.32 Å². The SMILES string of the molecule is Cc1nn(C)c(CNC2(CCl)CCC(C)CC2)c1Br. The summed E-state index contributed by atoms with van der Waals surface area (Å²) in [6.45, 7) is 5.17. The smallest absolute Gasteiger partial charge is 0.0739 e. The van der Waals surface area contributed by atoms with Crippen molar-refractivity contribution in [3.8, 4) is 0 Å². The van der Waals surface area contributed by atoms with Crippen LogP contribution in [0.15, 0.2) is 4.47 Å². The fourth-order valence-electron chi connectivity index (χ4n) is 2.82. The van der Waals surface area contributed by atoms with Crippen LogP contribution in [-0.2, 0) is 13.6 Å². The maximum atomic E-state index is 6.24. The second-order valence-corrected chi connectivity index (χ2v) is 6.98. The van der Waals surface area contributed by atoms with E-state index in [9.17, 15) is 0 Å². The number of alkyl halides is 1. The van der Waals surface area contributed by atoms with Crippen LogP contribution in [0.3, 0.4) is 0 Å². The average Bonchev–Trinajstić information content (AvgIpc) is 2.64. The topological polar surface area (TPSA) is 29.9 Å². The number of aryl methyl sites for hydroxylation is 2. The molecule has 1 fully saturated rings. The van der Waals surface area contributed by atoms with Gasteiger partial charge in [0.25, 0.3) is 0 Å². The first kappa shape index (κ1) is 15.3. The standard InChI is InChI=1S/C14H23BrClN3/c1-10-4-6-14(9-16,7-5-10)17-8-12-13(15)11(2)18-19(12)3/h10,17H,4-9H2,1-3H3. The summed E-state index contributed by atoms with van der Waals surface area (Å²) in [5, 5.41) is 8.13. The summed E-state index contributed by atoms with van der Waals surface area (Å²) in [4.78, 5) is 0. The van der Waals surface area contributed by atoms with Crippen LogP contribution < -0.4 is 5.32 Å². The highest BCUT2D eigenvalue weighted by molar-refractivity contribution is 9.10. The molecule has 1 saturated carbocycles. The zero-order valence-corrected chi connectivity index (χ0v) is 14.3. The number of rotatable bonds is 4. The van der Waals surface area contributed by atoms with E-state index in [4.69, 9.17) is 11.6 Å². The Morgan fingerprint density at radius 3 is 2.58 bits per heavy atom. The Hall–Kier alpha value is -0.0600. The lowest BCUT2D eigenvalue weighted by atomic mass is 9.78. The normalized spacial score (nSPS) is 27.7. The molecule has 1 aliphatic carbocycles. The minimum atomic E-state index is 0.103. The lowest BCUT2D eigenvalue weighted by Crippen LogP contribution is -2.49. The third-order valence-electron chi connectivity index (χ3n) is 4.38. The number of aromatic nitrogens is 2. The molecule has 1 aromatic heterocycles. The van der Waals surface area contributed by atoms with Crippen molar-refractivity contribution in [2.45, 2.75) is 51.6 Å². The number of hydrogen-bond acceptors (Lipinski definition) is 2. The van der Waals surface area contributed by atoms with Gasteiger partial charge in [0, 0.05) is 25.0 Å². The highest BCUT2D eigenvalue weighted by Gasteiger charge is 2.33. The van der Waals surface area contributed by atoms with E-state index < -0.39 is 0 Å². The van der Waals surface area contributed by atoms with E-state index in [1.165, 1.54) is 31.4 Å². The lowest BCUT2D eigenvalue weighted by Gasteiger charge is -2.39. The predicted molar refractivity (Wildman–Crippen MR) is 83.6 cm³/mol. The predicted octanol–water partition coefficient (Wildman–Crippen LogP) is 3.77. The third kappa shape index (κ3) is 3.34. The number of nitrogens with zero attached hydrogens (tertiary/aromatic N) is 2. The second-order valence-electron chi connectivity index (χ2n) is 5.92. The van der Waals surface area contributed by atoms with Crippen molar-refractivity contribution in [3.63, 3.8) is 0 Å². The molecule has 0 aliphatic heterocycles. The van der Waals surface area contributed by atoms with Gasteiger partial charge in [0.1, 0.15) is 0 Å². The molecule has 1 aliphatic rings. The van der Waals surface area contributed by atoms with Crippen LogP contribution in [0.1, 0.15) is 44.0 Å². The Morgan fingerprint density at radius 2 is 2.11 bits per heavy atom. The molecular formula is C14H23BrClN3. The number of nitrogens with one attached hydrogen (secondary N) is 1. The van der Waals surface area contributed by atoms with Crippen molar-refractivity contribution < 1.29 is 0 Å². The van der Waals surface area contributed by atoms with Gasteiger partial charge in [-0.1, -0.05) is 6.92 Å². The molecule has 1 N–H and O–H groups in total. The first-order chi connectivity index (χ1) is 8.97. The molecule has 0 spiro atoms. The summed E-state index contributed by atoms with van der Waals surface area (Å²) in [5.74, 6) is 1.53. The van der Waals surface area contributed by atoms with Gasteiger partial charge in [-0.3, -0.25) is 4.68 Å². The Labute approximate surface area is 129 Å². The van der Waals surface area contributed by atoms with Crippen LogP contribution in [0.2, 0.25) is 0 Å². The van der Waals surface area contributed by atoms with E-state index in [1.807, 2.05) is 18.7 Å². The van der Waals surface area contributed by atoms with E-state index in [0.717, 1.165) is 22.6 Å². The fraction of sp³-hybridized carbons (Fsp3) is 0.786. The van der Waals surface area contributed by atoms with Crippen LogP contribution >= 0.6 is 27.5 Å². The van der Waals surface area contributed by atoms with Crippen molar-refractivity contribution in [2.24, 2.45) is 13.0 Å². The molecule has 0 aromatic carbocycles. The molecule has 19 heavy (non-hydrogen) atoms. The van der Waals surface area contributed by atoms with Crippen LogP contribution in [0.4, 0.5) is 0 Å². The monoisotopic (exact) mass is 347 g/mol. The summed E-state index contributed by atoms with van der Waals surface area (Å²) in [6.07, 6.45) is 4.88. The van der Waals surface area contributed by atoms with E-state index in [-0.39, 0.29) is 5.54 Å². The summed E-state index contributed by atoms with van der Waals surface area (Å²) >= 11 is 9.86. The van der Waals surface area contributed by atoms with Crippen molar-refractivity contribution in [1.29, 1.82) is 0 Å². The van der Waals surface area contributed by atoms with E-state index in [2.05, 4.69) is 33.3 Å². The lowest BCUT2D eigenvalue weighted by molar-refractivity contribution is 0.214. The maximum absolute atomic E-state index is 6.24. The summed E-state index contributed by atoms with van der Waals surface area (Å²) < 4.78 is 3.05. The van der Waals surface area contributed by atoms with Crippen LogP contribution in [0.5, 0.6) is 0 Å². The quantitative estimate of drug-likeness (QED) is 0.839. The average molecular weight is 349 g/mol. The van der Waals surface area contributed by atoms with Crippen LogP contribution in [0, 0.1) is 12.8 Å². The molecule has 0 unspecified atom stereocenters. The molecule has 5 heteroatoms. The zero-order chi connectivity index (χ0) is 14.0. The first-order valence-electron chi connectivity index (χ1n) is 6.96. The van der Waals surface area contributed by atoms with E-state index in [0.29, 0.717) is 5.88 Å². The summed E-state index contributed by atoms with van der Waals surface area (Å²) in [7, 11) is 1.99. The molecule has 3 nitrogen and oxygen atoms in total. The molecule has 1 heterocycles. The van der Waals surface area contributed by atoms with Gasteiger partial charge in [-0.2, -0.15) is 5.10 Å². The minimum Gasteiger partial charge on any atom is -0.304 e. The second kappa shape index (κ2) is 6.15. The molecule has 0 bridgehead atoms. The van der Waals surface area contributed by atoms with Gasteiger partial charge in [-0.15, -0.1) is 11.6 Å². The van der Waals surface area contributed by atoms with Gasteiger partial charge >= 0.3 is 0 Å². The van der Waals surface area contributed by atoms with E-state index >= 15 is 0 Å². The molecule has 0 atom stereocenters. The van der Waals surface area contributed by atoms with Gasteiger partial charge in [-0.25, -0.2) is 0 Å². The molecule has 1 aromatic rings. The Kier molecular flexibility index (Phi) is 4.96. The van der Waals surface area contributed by atoms with E-state index in [1.54, 1.807) is 0 Å². The molecule has 108 valence electrons. The van der Waals surface area contributed by atoms with Crippen molar-refractivity contribution in [2.75, 3.05) is 5.88 Å². The highest BCUT2D eigenvalue weighted by Crippen LogP contribution is 2.33. The summed E-state index contributed by atoms with van der Waals surface area (Å²) in [6, 6.07) is 0. The fourth-order valence-corrected chi connectivity index (χ4v) is 3.65. The van der Waals surface area contributed by atoms with Crippen molar-refractivity contribution in [3.05, 3.63) is 15.9 Å². The minimum absolute atomic E-state index is 0.103. The molecule has 2 rings (SSSR count). The highest BCUT2D eigenvalue weighted by atomic mass is 79.9. The number of hydrogen-bond donors (Lipinski definition) is 1. The van der Waals surface area contributed by atoms with Gasteiger partial charge in [0.15, 0.2) is 0 Å². The number of halogens is 2. The van der Waals surface area contributed by atoms with Gasteiger partial charge in [0.2, 0.25) is 0 Å². The first-order valence-corrected chi connectivity index (χ1v) is 8.29. The maximum Gasteiger partial charge on any atom is 0.0739 e. The largest absolute Gasteiger partial charge is 0.304 e. The zero-order valence-electron chi connectivity index (χ0n) is 12.0. The van der Waals surface area contributed by atoms with Gasteiger partial charge in [0.05, 0.1) is 15.9 Å². The van der Waals surface area contributed by atoms with Crippen LogP contribution in [-0.4, -0.2) is 21.2 Å². The van der Waals surface area contributed by atoms with Crippen molar-refractivity contribution >= 4 is 27.5 Å². The van der Waals surface area contributed by atoms with Crippen LogP contribution in [0.25, 0.3) is 0 Å². The Balaban J connectivity index is 2.04. The summed E-state index contributed by atoms with van der Waals surface area (Å²) in [5.41, 5.74) is 2.34. The molecular weight excluding hydrogens is 326 g/mol. The third-order valence-corrected chi connectivity index (χ3v) is 5.92. The molecule has 0 saturated heterocycles. The Bertz CT molecular complexity index is 436. The molecule has 0 amide bonds. The van der Waals surface area contributed by atoms with Gasteiger partial charge in [-0.05, 0) is 54.5 Å². The Morgan fingerprint density at radius 1 is 1.47 bits per heavy atom. The van der Waals surface area contributed by atoms with Crippen molar-refractivity contribution in [1.82, 2.24) is 15.1 Å². The molecule has 0 radical (unpaired) electrons.